The molecule has 194 valence electrons. The molecule has 2 aromatic carbocycles. The van der Waals surface area contributed by atoms with E-state index in [0.717, 1.165) is 63.2 Å². The Labute approximate surface area is 219 Å². The maximum Gasteiger partial charge on any atom is 0.227 e. The Morgan fingerprint density at radius 2 is 1.94 bits per heavy atom. The normalized spacial score (nSPS) is 19.5. The van der Waals surface area contributed by atoms with Gasteiger partial charge in [-0.05, 0) is 48.6 Å². The number of benzene rings is 2. The SMILES string of the molecule is CC(C)CN(Cc1cc(Cl)c2c(c1)OCCCO2)C(=O)[C@@H]1CCCN(Cc2cccc3c2OCC3)C1. The molecule has 7 heteroatoms. The molecule has 3 aliphatic rings. The van der Waals surface area contributed by atoms with E-state index in [9.17, 15) is 4.79 Å². The van der Waals surface area contributed by atoms with Crippen LogP contribution in [0.4, 0.5) is 0 Å². The monoisotopic (exact) mass is 512 g/mol. The first-order valence-electron chi connectivity index (χ1n) is 13.3. The number of rotatable bonds is 7. The van der Waals surface area contributed by atoms with E-state index in [1.807, 2.05) is 17.0 Å². The maximum atomic E-state index is 13.8. The van der Waals surface area contributed by atoms with Gasteiger partial charge in [0.1, 0.15) is 5.75 Å². The summed E-state index contributed by atoms with van der Waals surface area (Å²) >= 11 is 6.55. The number of carbonyl (C=O) groups excluding carboxylic acids is 1. The highest BCUT2D eigenvalue weighted by Gasteiger charge is 2.31. The molecule has 0 unspecified atom stereocenters. The molecule has 0 N–H and O–H groups in total. The molecule has 1 saturated heterocycles. The van der Waals surface area contributed by atoms with E-state index in [2.05, 4.69) is 36.9 Å². The van der Waals surface area contributed by atoms with Crippen molar-refractivity contribution >= 4 is 17.5 Å². The van der Waals surface area contributed by atoms with Crippen LogP contribution in [-0.4, -0.2) is 55.2 Å². The van der Waals surface area contributed by atoms with Gasteiger partial charge < -0.3 is 19.1 Å². The van der Waals surface area contributed by atoms with Crippen molar-refractivity contribution in [2.24, 2.45) is 11.8 Å². The lowest BCUT2D eigenvalue weighted by atomic mass is 9.95. The van der Waals surface area contributed by atoms with Crippen LogP contribution < -0.4 is 14.2 Å². The zero-order chi connectivity index (χ0) is 25.1. The van der Waals surface area contributed by atoms with Crippen LogP contribution in [0.15, 0.2) is 30.3 Å². The lowest BCUT2D eigenvalue weighted by molar-refractivity contribution is -0.138. The van der Waals surface area contributed by atoms with Crippen molar-refractivity contribution in [1.82, 2.24) is 9.80 Å². The van der Waals surface area contributed by atoms with Crippen LogP contribution in [0.3, 0.4) is 0 Å². The fraction of sp³-hybridized carbons (Fsp3) is 0.552. The average molecular weight is 513 g/mol. The van der Waals surface area contributed by atoms with E-state index in [1.165, 1.54) is 11.1 Å². The van der Waals surface area contributed by atoms with Crippen molar-refractivity contribution < 1.29 is 19.0 Å². The topological polar surface area (TPSA) is 51.2 Å². The second-order valence-corrected chi connectivity index (χ2v) is 11.1. The van der Waals surface area contributed by atoms with Gasteiger partial charge in [-0.2, -0.15) is 0 Å². The van der Waals surface area contributed by atoms with E-state index in [0.29, 0.717) is 48.7 Å². The van der Waals surface area contributed by atoms with E-state index in [1.54, 1.807) is 0 Å². The van der Waals surface area contributed by atoms with Gasteiger partial charge in [-0.3, -0.25) is 9.69 Å². The number of fused-ring (bicyclic) bond motifs is 2. The van der Waals surface area contributed by atoms with Gasteiger partial charge in [0.25, 0.3) is 0 Å². The van der Waals surface area contributed by atoms with Crippen molar-refractivity contribution in [3.63, 3.8) is 0 Å². The number of halogens is 1. The summed E-state index contributed by atoms with van der Waals surface area (Å²) in [5.41, 5.74) is 3.51. The molecular weight excluding hydrogens is 476 g/mol. The number of amides is 1. The molecule has 3 aliphatic heterocycles. The Kier molecular flexibility index (Phi) is 7.92. The highest BCUT2D eigenvalue weighted by Crippen LogP contribution is 2.38. The molecule has 0 saturated carbocycles. The minimum Gasteiger partial charge on any atom is -0.493 e. The number of piperidine rings is 1. The summed E-state index contributed by atoms with van der Waals surface area (Å²) in [5, 5.41) is 0.544. The van der Waals surface area contributed by atoms with Gasteiger partial charge in [0, 0.05) is 44.6 Å². The summed E-state index contributed by atoms with van der Waals surface area (Å²) in [4.78, 5) is 18.3. The van der Waals surface area contributed by atoms with E-state index in [4.69, 9.17) is 25.8 Å². The number of hydrogen-bond acceptors (Lipinski definition) is 5. The molecule has 0 aliphatic carbocycles. The molecule has 0 aromatic heterocycles. The average Bonchev–Trinajstić information content (AvgIpc) is 3.22. The van der Waals surface area contributed by atoms with Crippen LogP contribution in [-0.2, 0) is 24.3 Å². The molecule has 1 atom stereocenters. The van der Waals surface area contributed by atoms with E-state index >= 15 is 0 Å². The van der Waals surface area contributed by atoms with Crippen LogP contribution in [0.25, 0.3) is 0 Å². The molecule has 1 amide bonds. The third-order valence-corrected chi connectivity index (χ3v) is 7.46. The van der Waals surface area contributed by atoms with Gasteiger partial charge in [0.15, 0.2) is 11.5 Å². The van der Waals surface area contributed by atoms with Crippen molar-refractivity contribution in [1.29, 1.82) is 0 Å². The third kappa shape index (κ3) is 5.76. The zero-order valence-electron chi connectivity index (χ0n) is 21.4. The summed E-state index contributed by atoms with van der Waals surface area (Å²) < 4.78 is 17.6. The van der Waals surface area contributed by atoms with Crippen LogP contribution in [0, 0.1) is 11.8 Å². The van der Waals surface area contributed by atoms with Gasteiger partial charge >= 0.3 is 0 Å². The number of hydrogen-bond donors (Lipinski definition) is 0. The third-order valence-electron chi connectivity index (χ3n) is 7.18. The van der Waals surface area contributed by atoms with Gasteiger partial charge in [-0.25, -0.2) is 0 Å². The Morgan fingerprint density at radius 3 is 2.81 bits per heavy atom. The molecule has 2 aromatic rings. The molecule has 1 fully saturated rings. The molecule has 36 heavy (non-hydrogen) atoms. The van der Waals surface area contributed by atoms with Crippen molar-refractivity contribution in [3.8, 4) is 17.2 Å². The Balaban J connectivity index is 1.29. The Bertz CT molecular complexity index is 1090. The van der Waals surface area contributed by atoms with Gasteiger partial charge in [0.2, 0.25) is 5.91 Å². The van der Waals surface area contributed by atoms with Gasteiger partial charge in [-0.1, -0.05) is 43.6 Å². The molecule has 3 heterocycles. The molecule has 0 spiro atoms. The summed E-state index contributed by atoms with van der Waals surface area (Å²) in [5.74, 6) is 2.93. The lowest BCUT2D eigenvalue weighted by Crippen LogP contribution is -2.45. The smallest absolute Gasteiger partial charge is 0.227 e. The standard InChI is InChI=1S/C29H37ClN2O4/c1-20(2)16-32(17-21-14-25(30)28-26(15-21)34-11-5-12-35-28)29(33)24-8-4-10-31(19-24)18-23-7-3-6-22-9-13-36-27(22)23/h3,6-7,14-15,20,24H,4-5,8-13,16-19H2,1-2H3/t24-/m1/s1. The zero-order valence-corrected chi connectivity index (χ0v) is 22.2. The highest BCUT2D eigenvalue weighted by molar-refractivity contribution is 6.32. The fourth-order valence-corrected chi connectivity index (χ4v) is 5.86. The Hall–Kier alpha value is -2.44. The fourth-order valence-electron chi connectivity index (χ4n) is 5.58. The molecular formula is C29H37ClN2O4. The predicted octanol–water partition coefficient (Wildman–Crippen LogP) is 5.33. The van der Waals surface area contributed by atoms with Crippen molar-refractivity contribution in [2.75, 3.05) is 39.5 Å². The van der Waals surface area contributed by atoms with Crippen LogP contribution in [0.5, 0.6) is 17.2 Å². The number of ether oxygens (including phenoxy) is 3. The van der Waals surface area contributed by atoms with E-state index in [-0.39, 0.29) is 11.8 Å². The predicted molar refractivity (Wildman–Crippen MR) is 141 cm³/mol. The summed E-state index contributed by atoms with van der Waals surface area (Å²) in [6, 6.07) is 10.3. The summed E-state index contributed by atoms with van der Waals surface area (Å²) in [7, 11) is 0. The molecule has 6 nitrogen and oxygen atoms in total. The minimum absolute atomic E-state index is 0.00828. The number of carbonyl (C=O) groups is 1. The second-order valence-electron chi connectivity index (χ2n) is 10.6. The minimum atomic E-state index is -0.00828. The molecule has 0 radical (unpaired) electrons. The second kappa shape index (κ2) is 11.3. The summed E-state index contributed by atoms with van der Waals surface area (Å²) in [6.07, 6.45) is 3.76. The van der Waals surface area contributed by atoms with Gasteiger partial charge in [0.05, 0.1) is 30.8 Å². The van der Waals surface area contributed by atoms with Crippen LogP contribution in [0.2, 0.25) is 5.02 Å². The first kappa shape index (κ1) is 25.2. The van der Waals surface area contributed by atoms with Crippen molar-refractivity contribution in [2.45, 2.75) is 52.6 Å². The quantitative estimate of drug-likeness (QED) is 0.501. The number of likely N-dealkylation sites (tertiary alicyclic amines) is 1. The maximum absolute atomic E-state index is 13.8. The first-order valence-corrected chi connectivity index (χ1v) is 13.7. The first-order chi connectivity index (χ1) is 17.5. The lowest BCUT2D eigenvalue weighted by Gasteiger charge is -2.36. The van der Waals surface area contributed by atoms with Gasteiger partial charge in [-0.15, -0.1) is 0 Å². The summed E-state index contributed by atoms with van der Waals surface area (Å²) in [6.45, 7) is 10.1. The van der Waals surface area contributed by atoms with Crippen molar-refractivity contribution in [3.05, 3.63) is 52.0 Å². The molecule has 5 rings (SSSR count). The Morgan fingerprint density at radius 1 is 1.11 bits per heavy atom. The largest absolute Gasteiger partial charge is 0.493 e. The number of para-hydroxylation sites is 1. The molecule has 0 bridgehead atoms. The van der Waals surface area contributed by atoms with E-state index < -0.39 is 0 Å². The number of nitrogens with zero attached hydrogens (tertiary/aromatic N) is 2. The highest BCUT2D eigenvalue weighted by atomic mass is 35.5. The van der Waals surface area contributed by atoms with Crippen LogP contribution >= 0.6 is 11.6 Å². The van der Waals surface area contributed by atoms with Crippen LogP contribution in [0.1, 0.15) is 49.8 Å².